The van der Waals surface area contributed by atoms with E-state index in [1.165, 1.54) is 15.5 Å². The number of Topliss-reactive ketones (excluding diaryl/α,β-unsaturated/α-hetero) is 1. The summed E-state index contributed by atoms with van der Waals surface area (Å²) in [4.78, 5) is 23.5. The monoisotopic (exact) mass is 235 g/mol. The summed E-state index contributed by atoms with van der Waals surface area (Å²) >= 11 is 1.35. The summed E-state index contributed by atoms with van der Waals surface area (Å²) in [6, 6.07) is 7.43. The van der Waals surface area contributed by atoms with Gasteiger partial charge in [-0.25, -0.2) is 0 Å². The fourth-order valence-electron chi connectivity index (χ4n) is 1.45. The molecule has 0 saturated heterocycles. The number of hydrogen-bond donors (Lipinski definition) is 0. The third-order valence-electron chi connectivity index (χ3n) is 2.50. The van der Waals surface area contributed by atoms with Crippen molar-refractivity contribution in [2.75, 3.05) is 0 Å². The molecule has 4 heteroatoms. The van der Waals surface area contributed by atoms with E-state index >= 15 is 0 Å². The van der Waals surface area contributed by atoms with E-state index in [0.29, 0.717) is 5.39 Å². The minimum atomic E-state index is -0.0606. The van der Waals surface area contributed by atoms with E-state index in [9.17, 15) is 9.59 Å². The van der Waals surface area contributed by atoms with Crippen LogP contribution in [0.4, 0.5) is 0 Å². The quantitative estimate of drug-likeness (QED) is 0.818. The van der Waals surface area contributed by atoms with Crippen molar-refractivity contribution in [1.29, 1.82) is 0 Å². The lowest BCUT2D eigenvalue weighted by Gasteiger charge is -2.02. The Morgan fingerprint density at radius 1 is 1.38 bits per heavy atom. The van der Waals surface area contributed by atoms with Gasteiger partial charge in [-0.1, -0.05) is 37.5 Å². The molecule has 0 spiro atoms. The zero-order valence-corrected chi connectivity index (χ0v) is 10.1. The molecule has 1 aromatic carbocycles. The molecule has 1 heterocycles. The van der Waals surface area contributed by atoms with E-state index in [1.807, 2.05) is 32.0 Å². The number of nitrogens with zero attached hydrogens (tertiary/aromatic N) is 1. The highest BCUT2D eigenvalue weighted by Gasteiger charge is 2.12. The maximum Gasteiger partial charge on any atom is 0.268 e. The van der Waals surface area contributed by atoms with Gasteiger partial charge >= 0.3 is 0 Å². The smallest absolute Gasteiger partial charge is 0.268 e. The summed E-state index contributed by atoms with van der Waals surface area (Å²) in [6.45, 7) is 3.89. The maximum atomic E-state index is 11.9. The highest BCUT2D eigenvalue weighted by atomic mass is 32.1. The molecule has 0 atom stereocenters. The zero-order chi connectivity index (χ0) is 11.7. The van der Waals surface area contributed by atoms with E-state index in [0.717, 1.165) is 4.70 Å². The Morgan fingerprint density at radius 2 is 2.06 bits per heavy atom. The van der Waals surface area contributed by atoms with Crippen molar-refractivity contribution in [3.05, 3.63) is 34.6 Å². The second-order valence-electron chi connectivity index (χ2n) is 4.05. The molecule has 2 rings (SSSR count). The highest BCUT2D eigenvalue weighted by molar-refractivity contribution is 7.13. The van der Waals surface area contributed by atoms with Gasteiger partial charge in [0.1, 0.15) is 0 Å². The number of fused-ring (bicyclic) bond motifs is 1. The molecule has 0 unspecified atom stereocenters. The molecule has 0 aliphatic heterocycles. The van der Waals surface area contributed by atoms with Crippen LogP contribution in [0.5, 0.6) is 0 Å². The summed E-state index contributed by atoms with van der Waals surface area (Å²) in [7, 11) is 0. The fraction of sp³-hybridized carbons (Fsp3) is 0.333. The van der Waals surface area contributed by atoms with Crippen LogP contribution >= 0.6 is 11.5 Å². The summed E-state index contributed by atoms with van der Waals surface area (Å²) in [5.74, 6) is 0.0609. The number of rotatable bonds is 3. The van der Waals surface area contributed by atoms with Crippen LogP contribution in [-0.2, 0) is 11.3 Å². The minimum absolute atomic E-state index is 0.0305. The van der Waals surface area contributed by atoms with E-state index in [-0.39, 0.29) is 23.8 Å². The van der Waals surface area contributed by atoms with Crippen LogP contribution in [-0.4, -0.2) is 9.74 Å². The normalized spacial score (nSPS) is 11.2. The van der Waals surface area contributed by atoms with Crippen LogP contribution in [0.15, 0.2) is 29.1 Å². The number of carbonyl (C=O) groups is 1. The summed E-state index contributed by atoms with van der Waals surface area (Å²) in [5.41, 5.74) is -0.0606. The minimum Gasteiger partial charge on any atom is -0.297 e. The second kappa shape index (κ2) is 4.22. The molecule has 0 saturated carbocycles. The number of ketones is 1. The van der Waals surface area contributed by atoms with E-state index in [1.54, 1.807) is 6.07 Å². The van der Waals surface area contributed by atoms with Gasteiger partial charge in [0.15, 0.2) is 5.78 Å². The van der Waals surface area contributed by atoms with Crippen LogP contribution in [0.2, 0.25) is 0 Å². The van der Waals surface area contributed by atoms with Crippen molar-refractivity contribution >= 4 is 27.4 Å². The lowest BCUT2D eigenvalue weighted by atomic mass is 10.1. The van der Waals surface area contributed by atoms with Gasteiger partial charge in [-0.2, -0.15) is 0 Å². The van der Waals surface area contributed by atoms with Crippen molar-refractivity contribution in [2.24, 2.45) is 5.92 Å². The molecular formula is C12H13NO2S. The Hall–Kier alpha value is -1.42. The summed E-state index contributed by atoms with van der Waals surface area (Å²) in [6.07, 6.45) is 0. The van der Waals surface area contributed by atoms with Crippen molar-refractivity contribution in [2.45, 2.75) is 20.4 Å². The first kappa shape index (κ1) is 11.1. The predicted molar refractivity (Wildman–Crippen MR) is 65.9 cm³/mol. The van der Waals surface area contributed by atoms with E-state index < -0.39 is 0 Å². The Bertz CT molecular complexity index is 580. The number of benzene rings is 1. The molecule has 2 aromatic rings. The van der Waals surface area contributed by atoms with Crippen molar-refractivity contribution in [3.8, 4) is 0 Å². The zero-order valence-electron chi connectivity index (χ0n) is 9.27. The number of aromatic nitrogens is 1. The topological polar surface area (TPSA) is 39.1 Å². The molecule has 0 aliphatic carbocycles. The molecule has 0 amide bonds. The van der Waals surface area contributed by atoms with Crippen LogP contribution in [0.3, 0.4) is 0 Å². The molecule has 0 fully saturated rings. The SMILES string of the molecule is CC(C)C(=O)Cn1sc2ccccc2c1=O. The van der Waals surface area contributed by atoms with Gasteiger partial charge in [-0.05, 0) is 12.1 Å². The lowest BCUT2D eigenvalue weighted by Crippen LogP contribution is -2.21. The first-order valence-electron chi connectivity index (χ1n) is 5.21. The van der Waals surface area contributed by atoms with Crippen LogP contribution in [0.1, 0.15) is 13.8 Å². The first-order chi connectivity index (χ1) is 7.59. The predicted octanol–water partition coefficient (Wildman–Crippen LogP) is 2.29. The third-order valence-corrected chi connectivity index (χ3v) is 3.56. The van der Waals surface area contributed by atoms with Crippen molar-refractivity contribution < 1.29 is 4.79 Å². The van der Waals surface area contributed by atoms with Gasteiger partial charge in [0, 0.05) is 5.92 Å². The lowest BCUT2D eigenvalue weighted by molar-refractivity contribution is -0.122. The molecule has 1 aromatic heterocycles. The Morgan fingerprint density at radius 3 is 2.69 bits per heavy atom. The van der Waals surface area contributed by atoms with Gasteiger partial charge in [-0.15, -0.1) is 0 Å². The second-order valence-corrected chi connectivity index (χ2v) is 5.11. The Kier molecular flexibility index (Phi) is 2.92. The number of hydrogen-bond acceptors (Lipinski definition) is 3. The summed E-state index contributed by atoms with van der Waals surface area (Å²) < 4.78 is 2.47. The molecule has 0 aliphatic rings. The standard InChI is InChI=1S/C12H13NO2S/c1-8(2)10(14)7-13-12(15)9-5-3-4-6-11(9)16-13/h3-6,8H,7H2,1-2H3. The largest absolute Gasteiger partial charge is 0.297 e. The van der Waals surface area contributed by atoms with Gasteiger partial charge in [0.2, 0.25) is 0 Å². The van der Waals surface area contributed by atoms with Crippen molar-refractivity contribution in [1.82, 2.24) is 3.96 Å². The van der Waals surface area contributed by atoms with E-state index in [4.69, 9.17) is 0 Å². The molecule has 0 N–H and O–H groups in total. The van der Waals surface area contributed by atoms with Gasteiger partial charge in [0.25, 0.3) is 5.56 Å². The Labute approximate surface area is 97.5 Å². The maximum absolute atomic E-state index is 11.9. The van der Waals surface area contributed by atoms with Crippen LogP contribution in [0, 0.1) is 5.92 Å². The van der Waals surface area contributed by atoms with Crippen LogP contribution < -0.4 is 5.56 Å². The number of carbonyl (C=O) groups excluding carboxylic acids is 1. The summed E-state index contributed by atoms with van der Waals surface area (Å²) in [5, 5.41) is 0.698. The average molecular weight is 235 g/mol. The fourth-order valence-corrected chi connectivity index (χ4v) is 2.45. The van der Waals surface area contributed by atoms with Gasteiger partial charge in [0.05, 0.1) is 16.6 Å². The van der Waals surface area contributed by atoms with Crippen molar-refractivity contribution in [3.63, 3.8) is 0 Å². The molecule has 0 radical (unpaired) electrons. The molecule has 0 bridgehead atoms. The molecule has 3 nitrogen and oxygen atoms in total. The average Bonchev–Trinajstić information content (AvgIpc) is 2.56. The van der Waals surface area contributed by atoms with Crippen LogP contribution in [0.25, 0.3) is 10.1 Å². The first-order valence-corrected chi connectivity index (χ1v) is 5.98. The third kappa shape index (κ3) is 1.93. The molecule has 16 heavy (non-hydrogen) atoms. The van der Waals surface area contributed by atoms with Gasteiger partial charge < -0.3 is 0 Å². The molecule has 84 valence electrons. The van der Waals surface area contributed by atoms with E-state index in [2.05, 4.69) is 0 Å². The molecular weight excluding hydrogens is 222 g/mol. The van der Waals surface area contributed by atoms with Gasteiger partial charge in [-0.3, -0.25) is 13.5 Å². The highest BCUT2D eigenvalue weighted by Crippen LogP contribution is 2.16. The Balaban J connectivity index is 2.43.